The van der Waals surface area contributed by atoms with E-state index in [2.05, 4.69) is 0 Å². The zero-order valence-corrected chi connectivity index (χ0v) is 13.6. The molecule has 0 radical (unpaired) electrons. The van der Waals surface area contributed by atoms with Crippen LogP contribution in [0.3, 0.4) is 0 Å². The maximum absolute atomic E-state index is 11.3. The van der Waals surface area contributed by atoms with Gasteiger partial charge in [-0.1, -0.05) is 6.92 Å². The van der Waals surface area contributed by atoms with E-state index in [0.717, 1.165) is 5.56 Å². The Morgan fingerprint density at radius 1 is 1.09 bits per heavy atom. The topological polar surface area (TPSA) is 78.1 Å². The predicted molar refractivity (Wildman–Crippen MR) is 83.9 cm³/mol. The Balaban J connectivity index is 2.44. The van der Waals surface area contributed by atoms with Crippen molar-refractivity contribution in [3.8, 4) is 17.2 Å². The van der Waals surface area contributed by atoms with Gasteiger partial charge in [-0.25, -0.2) is 4.79 Å². The fourth-order valence-electron chi connectivity index (χ4n) is 2.43. The van der Waals surface area contributed by atoms with Crippen molar-refractivity contribution in [2.45, 2.75) is 19.8 Å². The van der Waals surface area contributed by atoms with E-state index in [0.29, 0.717) is 41.4 Å². The summed E-state index contributed by atoms with van der Waals surface area (Å²) >= 11 is 0. The van der Waals surface area contributed by atoms with E-state index < -0.39 is 5.97 Å². The van der Waals surface area contributed by atoms with Crippen LogP contribution >= 0.6 is 0 Å². The maximum Gasteiger partial charge on any atom is 0.372 e. The van der Waals surface area contributed by atoms with Crippen LogP contribution in [-0.2, 0) is 12.8 Å². The SMILES string of the molecule is CCc1cc(Cc2cc(OC)c(OC)c(OC)c2)c(C(=O)O)o1. The monoisotopic (exact) mass is 320 g/mol. The highest BCUT2D eigenvalue weighted by Gasteiger charge is 2.19. The van der Waals surface area contributed by atoms with E-state index >= 15 is 0 Å². The van der Waals surface area contributed by atoms with Gasteiger partial charge in [0.05, 0.1) is 21.3 Å². The molecule has 0 spiro atoms. The van der Waals surface area contributed by atoms with Gasteiger partial charge in [-0.05, 0) is 23.8 Å². The molecule has 6 nitrogen and oxygen atoms in total. The molecule has 0 saturated heterocycles. The third kappa shape index (κ3) is 3.41. The lowest BCUT2D eigenvalue weighted by molar-refractivity contribution is 0.0659. The van der Waals surface area contributed by atoms with Crippen LogP contribution in [0.4, 0.5) is 0 Å². The quantitative estimate of drug-likeness (QED) is 0.844. The molecule has 0 saturated carbocycles. The van der Waals surface area contributed by atoms with Gasteiger partial charge in [0.1, 0.15) is 5.76 Å². The Labute approximate surface area is 134 Å². The average molecular weight is 320 g/mol. The van der Waals surface area contributed by atoms with Crippen LogP contribution in [0.2, 0.25) is 0 Å². The molecule has 0 aliphatic rings. The van der Waals surface area contributed by atoms with Crippen LogP contribution in [0.15, 0.2) is 22.6 Å². The highest BCUT2D eigenvalue weighted by molar-refractivity contribution is 5.86. The lowest BCUT2D eigenvalue weighted by atomic mass is 10.0. The second-order valence-electron chi connectivity index (χ2n) is 4.94. The van der Waals surface area contributed by atoms with E-state index in [1.807, 2.05) is 6.92 Å². The fraction of sp³-hybridized carbons (Fsp3) is 0.353. The van der Waals surface area contributed by atoms with Crippen LogP contribution < -0.4 is 14.2 Å². The van der Waals surface area contributed by atoms with Crippen molar-refractivity contribution in [1.82, 2.24) is 0 Å². The number of carbonyl (C=O) groups is 1. The number of rotatable bonds is 7. The number of methoxy groups -OCH3 is 3. The first-order valence-corrected chi connectivity index (χ1v) is 7.17. The van der Waals surface area contributed by atoms with Gasteiger partial charge in [0, 0.05) is 18.4 Å². The van der Waals surface area contributed by atoms with Crippen molar-refractivity contribution in [2.75, 3.05) is 21.3 Å². The lowest BCUT2D eigenvalue weighted by Crippen LogP contribution is -2.01. The molecule has 124 valence electrons. The summed E-state index contributed by atoms with van der Waals surface area (Å²) < 4.78 is 21.3. The maximum atomic E-state index is 11.3. The number of aromatic carboxylic acids is 1. The van der Waals surface area contributed by atoms with Gasteiger partial charge in [-0.2, -0.15) is 0 Å². The molecule has 1 aromatic heterocycles. The first kappa shape index (κ1) is 16.7. The zero-order valence-electron chi connectivity index (χ0n) is 13.6. The second-order valence-corrected chi connectivity index (χ2v) is 4.94. The molecule has 0 amide bonds. The Morgan fingerprint density at radius 2 is 1.70 bits per heavy atom. The number of carboxylic acids is 1. The number of carboxylic acid groups (broad SMARTS) is 1. The Kier molecular flexibility index (Phi) is 5.16. The average Bonchev–Trinajstić information content (AvgIpc) is 2.97. The first-order chi connectivity index (χ1) is 11.0. The Bertz CT molecular complexity index is 676. The summed E-state index contributed by atoms with van der Waals surface area (Å²) in [7, 11) is 4.61. The molecular formula is C17H20O6. The highest BCUT2D eigenvalue weighted by atomic mass is 16.5. The molecule has 0 fully saturated rings. The largest absolute Gasteiger partial charge is 0.493 e. The molecule has 2 rings (SSSR count). The predicted octanol–water partition coefficient (Wildman–Crippen LogP) is 3.16. The van der Waals surface area contributed by atoms with Gasteiger partial charge < -0.3 is 23.7 Å². The number of ether oxygens (including phenoxy) is 3. The van der Waals surface area contributed by atoms with Gasteiger partial charge in [-0.3, -0.25) is 0 Å². The summed E-state index contributed by atoms with van der Waals surface area (Å²) in [6.07, 6.45) is 1.03. The molecule has 0 unspecified atom stereocenters. The number of hydrogen-bond donors (Lipinski definition) is 1. The van der Waals surface area contributed by atoms with Gasteiger partial charge in [0.25, 0.3) is 0 Å². The number of hydrogen-bond acceptors (Lipinski definition) is 5. The Morgan fingerprint density at radius 3 is 2.13 bits per heavy atom. The van der Waals surface area contributed by atoms with Crippen molar-refractivity contribution in [3.63, 3.8) is 0 Å². The molecule has 0 aliphatic carbocycles. The summed E-state index contributed by atoms with van der Waals surface area (Å²) in [4.78, 5) is 11.3. The normalized spacial score (nSPS) is 10.4. The van der Waals surface area contributed by atoms with Crippen LogP contribution in [0.1, 0.15) is 34.4 Å². The molecule has 0 aliphatic heterocycles. The molecule has 23 heavy (non-hydrogen) atoms. The van der Waals surface area contributed by atoms with E-state index in [-0.39, 0.29) is 5.76 Å². The zero-order chi connectivity index (χ0) is 17.0. The molecule has 1 heterocycles. The van der Waals surface area contributed by atoms with Crippen LogP contribution in [0.5, 0.6) is 17.2 Å². The summed E-state index contributed by atoms with van der Waals surface area (Å²) in [5.74, 6) is 1.09. The van der Waals surface area contributed by atoms with E-state index in [1.165, 1.54) is 21.3 Å². The summed E-state index contributed by atoms with van der Waals surface area (Å²) in [6.45, 7) is 1.91. The minimum absolute atomic E-state index is 0.0319. The van der Waals surface area contributed by atoms with E-state index in [1.54, 1.807) is 18.2 Å². The second kappa shape index (κ2) is 7.09. The molecule has 6 heteroatoms. The fourth-order valence-corrected chi connectivity index (χ4v) is 2.43. The number of furan rings is 1. The standard InChI is InChI=1S/C17H20O6/c1-5-12-9-11(15(23-12)17(18)19)6-10-7-13(20-2)16(22-4)14(8-10)21-3/h7-9H,5-6H2,1-4H3,(H,18,19). The smallest absolute Gasteiger partial charge is 0.372 e. The van der Waals surface area contributed by atoms with Gasteiger partial charge in [0.2, 0.25) is 11.5 Å². The van der Waals surface area contributed by atoms with Gasteiger partial charge >= 0.3 is 5.97 Å². The number of aryl methyl sites for hydroxylation is 1. The van der Waals surface area contributed by atoms with Gasteiger partial charge in [-0.15, -0.1) is 0 Å². The van der Waals surface area contributed by atoms with Crippen LogP contribution in [0, 0.1) is 0 Å². The van der Waals surface area contributed by atoms with Crippen molar-refractivity contribution < 1.29 is 28.5 Å². The van der Waals surface area contributed by atoms with Crippen molar-refractivity contribution in [2.24, 2.45) is 0 Å². The molecule has 1 aromatic carbocycles. The minimum atomic E-state index is -1.08. The molecule has 0 bridgehead atoms. The Hall–Kier alpha value is -2.63. The third-order valence-corrected chi connectivity index (χ3v) is 3.52. The summed E-state index contributed by atoms with van der Waals surface area (Å²) in [6, 6.07) is 5.36. The molecular weight excluding hydrogens is 300 g/mol. The first-order valence-electron chi connectivity index (χ1n) is 7.17. The van der Waals surface area contributed by atoms with Crippen molar-refractivity contribution >= 4 is 5.97 Å². The molecule has 0 atom stereocenters. The summed E-state index contributed by atoms with van der Waals surface area (Å²) in [5.41, 5.74) is 1.45. The molecule has 2 aromatic rings. The van der Waals surface area contributed by atoms with Crippen molar-refractivity contribution in [3.05, 3.63) is 40.8 Å². The van der Waals surface area contributed by atoms with Crippen LogP contribution in [0.25, 0.3) is 0 Å². The minimum Gasteiger partial charge on any atom is -0.493 e. The summed E-state index contributed by atoms with van der Waals surface area (Å²) in [5, 5.41) is 9.27. The van der Waals surface area contributed by atoms with Crippen molar-refractivity contribution in [1.29, 1.82) is 0 Å². The third-order valence-electron chi connectivity index (χ3n) is 3.52. The van der Waals surface area contributed by atoms with E-state index in [9.17, 15) is 9.90 Å². The highest BCUT2D eigenvalue weighted by Crippen LogP contribution is 2.39. The number of benzene rings is 1. The van der Waals surface area contributed by atoms with Crippen LogP contribution in [-0.4, -0.2) is 32.4 Å². The molecule has 1 N–H and O–H groups in total. The lowest BCUT2D eigenvalue weighted by Gasteiger charge is -2.14. The van der Waals surface area contributed by atoms with Gasteiger partial charge in [0.15, 0.2) is 11.5 Å². The van der Waals surface area contributed by atoms with E-state index in [4.69, 9.17) is 18.6 Å².